The minimum Gasteiger partial charge on any atom is -0.490 e. The predicted octanol–water partition coefficient (Wildman–Crippen LogP) is 2.87. The molecular formula is C15H13ClN2O5. The Balaban J connectivity index is 2.19. The Morgan fingerprint density at radius 3 is 2.57 bits per heavy atom. The Bertz CT molecular complexity index is 718. The Hall–Kier alpha value is -2.64. The molecule has 0 saturated heterocycles. The molecule has 0 aliphatic heterocycles. The van der Waals surface area contributed by atoms with Gasteiger partial charge in [-0.05, 0) is 30.3 Å². The summed E-state index contributed by atoms with van der Waals surface area (Å²) in [5, 5.41) is 22.4. The number of hydrogen-bond acceptors (Lipinski definition) is 5. The van der Waals surface area contributed by atoms with Crippen LogP contribution in [0.1, 0.15) is 10.4 Å². The number of nitro benzene ring substituents is 1. The number of amides is 1. The normalized spacial score (nSPS) is 10.2. The van der Waals surface area contributed by atoms with Gasteiger partial charge in [0.05, 0.1) is 17.1 Å². The van der Waals surface area contributed by atoms with E-state index in [1.807, 2.05) is 0 Å². The average molecular weight is 337 g/mol. The molecule has 0 spiro atoms. The van der Waals surface area contributed by atoms with E-state index in [1.54, 1.807) is 6.07 Å². The quantitative estimate of drug-likeness (QED) is 0.623. The molecule has 2 N–H and O–H groups in total. The molecule has 8 heteroatoms. The molecule has 2 rings (SSSR count). The number of carbonyl (C=O) groups excluding carboxylic acids is 1. The lowest BCUT2D eigenvalue weighted by Crippen LogP contribution is -2.14. The molecule has 0 aliphatic carbocycles. The van der Waals surface area contributed by atoms with Crippen molar-refractivity contribution < 1.29 is 19.6 Å². The van der Waals surface area contributed by atoms with Crippen molar-refractivity contribution in [2.24, 2.45) is 0 Å². The molecule has 0 aliphatic rings. The summed E-state index contributed by atoms with van der Waals surface area (Å²) in [5.41, 5.74) is 0.524. The second-order valence-corrected chi connectivity index (χ2v) is 4.91. The van der Waals surface area contributed by atoms with Crippen LogP contribution in [-0.2, 0) is 0 Å². The highest BCUT2D eigenvalue weighted by molar-refractivity contribution is 6.31. The number of aliphatic hydroxyl groups excluding tert-OH is 1. The first kappa shape index (κ1) is 16.7. The first-order chi connectivity index (χ1) is 11.0. The highest BCUT2D eigenvalue weighted by Gasteiger charge is 2.14. The van der Waals surface area contributed by atoms with E-state index >= 15 is 0 Å². The van der Waals surface area contributed by atoms with E-state index in [4.69, 9.17) is 21.4 Å². The Morgan fingerprint density at radius 1 is 1.26 bits per heavy atom. The van der Waals surface area contributed by atoms with Crippen molar-refractivity contribution in [2.45, 2.75) is 0 Å². The zero-order valence-electron chi connectivity index (χ0n) is 11.9. The minimum absolute atomic E-state index is 0.0411. The fraction of sp³-hybridized carbons (Fsp3) is 0.133. The van der Waals surface area contributed by atoms with Crippen molar-refractivity contribution in [2.75, 3.05) is 18.5 Å². The number of hydrogen-bond donors (Lipinski definition) is 2. The van der Waals surface area contributed by atoms with Crippen molar-refractivity contribution >= 4 is 28.9 Å². The van der Waals surface area contributed by atoms with Crippen molar-refractivity contribution in [3.05, 3.63) is 63.2 Å². The van der Waals surface area contributed by atoms with Crippen LogP contribution in [0, 0.1) is 10.1 Å². The predicted molar refractivity (Wildman–Crippen MR) is 85.1 cm³/mol. The molecule has 0 unspecified atom stereocenters. The zero-order chi connectivity index (χ0) is 16.8. The van der Waals surface area contributed by atoms with Gasteiger partial charge in [-0.1, -0.05) is 11.6 Å². The number of rotatable bonds is 6. The number of aliphatic hydroxyl groups is 1. The molecule has 2 aromatic rings. The maximum absolute atomic E-state index is 12.3. The number of nitrogens with one attached hydrogen (secondary N) is 1. The average Bonchev–Trinajstić information content (AvgIpc) is 2.54. The molecule has 2 aromatic carbocycles. The van der Waals surface area contributed by atoms with Crippen molar-refractivity contribution in [3.8, 4) is 5.75 Å². The van der Waals surface area contributed by atoms with Crippen LogP contribution < -0.4 is 10.1 Å². The van der Waals surface area contributed by atoms with E-state index in [0.29, 0.717) is 10.7 Å². The van der Waals surface area contributed by atoms with Crippen LogP contribution in [0.2, 0.25) is 5.02 Å². The van der Waals surface area contributed by atoms with Crippen LogP contribution in [0.3, 0.4) is 0 Å². The summed E-state index contributed by atoms with van der Waals surface area (Å²) in [5.74, 6) is -0.197. The van der Waals surface area contributed by atoms with Gasteiger partial charge in [-0.2, -0.15) is 0 Å². The van der Waals surface area contributed by atoms with Crippen LogP contribution in [0.15, 0.2) is 42.5 Å². The van der Waals surface area contributed by atoms with E-state index in [9.17, 15) is 14.9 Å². The smallest absolute Gasteiger partial charge is 0.269 e. The van der Waals surface area contributed by atoms with Crippen LogP contribution in [0.4, 0.5) is 11.4 Å². The number of halogens is 1. The molecule has 120 valence electrons. The number of benzene rings is 2. The second-order valence-electron chi connectivity index (χ2n) is 4.47. The monoisotopic (exact) mass is 336 g/mol. The molecule has 7 nitrogen and oxygen atoms in total. The topological polar surface area (TPSA) is 102 Å². The fourth-order valence-electron chi connectivity index (χ4n) is 1.83. The molecule has 0 radical (unpaired) electrons. The van der Waals surface area contributed by atoms with E-state index in [0.717, 1.165) is 0 Å². The lowest BCUT2D eigenvalue weighted by molar-refractivity contribution is -0.384. The van der Waals surface area contributed by atoms with Crippen molar-refractivity contribution in [1.82, 2.24) is 0 Å². The lowest BCUT2D eigenvalue weighted by Gasteiger charge is -2.11. The maximum atomic E-state index is 12.3. The maximum Gasteiger partial charge on any atom is 0.269 e. The van der Waals surface area contributed by atoms with Crippen LogP contribution >= 0.6 is 11.6 Å². The van der Waals surface area contributed by atoms with E-state index in [2.05, 4.69) is 5.32 Å². The fourth-order valence-corrected chi connectivity index (χ4v) is 2.00. The van der Waals surface area contributed by atoms with Crippen LogP contribution in [0.25, 0.3) is 0 Å². The van der Waals surface area contributed by atoms with Crippen molar-refractivity contribution in [3.63, 3.8) is 0 Å². The van der Waals surface area contributed by atoms with Gasteiger partial charge in [0.25, 0.3) is 11.6 Å². The summed E-state index contributed by atoms with van der Waals surface area (Å²) in [6.45, 7) is -0.147. The van der Waals surface area contributed by atoms with Gasteiger partial charge in [-0.15, -0.1) is 0 Å². The van der Waals surface area contributed by atoms with Gasteiger partial charge in [0, 0.05) is 22.8 Å². The molecule has 23 heavy (non-hydrogen) atoms. The number of anilines is 1. The molecule has 1 amide bonds. The number of nitrogens with zero attached hydrogens (tertiary/aromatic N) is 1. The highest BCUT2D eigenvalue weighted by Crippen LogP contribution is 2.24. The van der Waals surface area contributed by atoms with Crippen LogP contribution in [0.5, 0.6) is 5.75 Å². The number of ether oxygens (including phenoxy) is 1. The van der Waals surface area contributed by atoms with E-state index in [1.165, 1.54) is 36.4 Å². The molecule has 0 heterocycles. The van der Waals surface area contributed by atoms with Gasteiger partial charge in [0.1, 0.15) is 12.4 Å². The van der Waals surface area contributed by atoms with Gasteiger partial charge in [-0.3, -0.25) is 14.9 Å². The SMILES string of the molecule is O=C(Nc1ccc([N+](=O)[O-])cc1)c1cc(Cl)ccc1OCCO. The third-order valence-electron chi connectivity index (χ3n) is 2.87. The number of nitro groups is 1. The number of non-ortho nitro benzene ring substituents is 1. The van der Waals surface area contributed by atoms with Gasteiger partial charge < -0.3 is 15.2 Å². The second kappa shape index (κ2) is 7.57. The molecule has 0 saturated carbocycles. The Labute approximate surface area is 136 Å². The summed E-state index contributed by atoms with van der Waals surface area (Å²) < 4.78 is 5.29. The van der Waals surface area contributed by atoms with E-state index < -0.39 is 10.8 Å². The third kappa shape index (κ3) is 4.41. The summed E-state index contributed by atoms with van der Waals surface area (Å²) in [6.07, 6.45) is 0. The first-order valence-electron chi connectivity index (χ1n) is 6.60. The first-order valence-corrected chi connectivity index (χ1v) is 6.98. The van der Waals surface area contributed by atoms with Crippen LogP contribution in [-0.4, -0.2) is 29.2 Å². The summed E-state index contributed by atoms with van der Waals surface area (Å²) in [6, 6.07) is 9.96. The molecule has 0 fully saturated rings. The summed E-state index contributed by atoms with van der Waals surface area (Å²) >= 11 is 5.89. The van der Waals surface area contributed by atoms with Gasteiger partial charge >= 0.3 is 0 Å². The highest BCUT2D eigenvalue weighted by atomic mass is 35.5. The van der Waals surface area contributed by atoms with Gasteiger partial charge in [0.2, 0.25) is 0 Å². The lowest BCUT2D eigenvalue weighted by atomic mass is 10.1. The zero-order valence-corrected chi connectivity index (χ0v) is 12.6. The Kier molecular flexibility index (Phi) is 5.51. The van der Waals surface area contributed by atoms with Crippen molar-refractivity contribution in [1.29, 1.82) is 0 Å². The number of carbonyl (C=O) groups is 1. The van der Waals surface area contributed by atoms with Gasteiger partial charge in [-0.25, -0.2) is 0 Å². The largest absolute Gasteiger partial charge is 0.490 e. The van der Waals surface area contributed by atoms with E-state index in [-0.39, 0.29) is 30.2 Å². The third-order valence-corrected chi connectivity index (χ3v) is 3.11. The molecule has 0 bridgehead atoms. The van der Waals surface area contributed by atoms with Gasteiger partial charge in [0.15, 0.2) is 0 Å². The molecule has 0 atom stereocenters. The molecule has 0 aromatic heterocycles. The standard InChI is InChI=1S/C15H13ClN2O5/c16-10-1-6-14(23-8-7-19)13(9-10)15(20)17-11-2-4-12(5-3-11)18(21)22/h1-6,9,19H,7-8H2,(H,17,20). The molecular weight excluding hydrogens is 324 g/mol. The minimum atomic E-state index is -0.524. The Morgan fingerprint density at radius 2 is 1.96 bits per heavy atom. The summed E-state index contributed by atoms with van der Waals surface area (Å²) in [4.78, 5) is 22.4. The summed E-state index contributed by atoms with van der Waals surface area (Å²) in [7, 11) is 0.